The number of halogens is 3. The molecule has 0 saturated carbocycles. The van der Waals surface area contributed by atoms with Crippen molar-refractivity contribution in [2.45, 2.75) is 15.7 Å². The number of hydrogen-bond acceptors (Lipinski definition) is 8. The lowest BCUT2D eigenvalue weighted by molar-refractivity contribution is -0.141. The highest BCUT2D eigenvalue weighted by Crippen LogP contribution is 2.39. The van der Waals surface area contributed by atoms with Crippen molar-refractivity contribution in [2.75, 3.05) is 19.0 Å². The first kappa shape index (κ1) is 19.1. The molecule has 3 rings (SSSR count). The third kappa shape index (κ3) is 4.03. The Morgan fingerprint density at radius 1 is 1.26 bits per heavy atom. The molecule has 1 N–H and O–H groups in total. The van der Waals surface area contributed by atoms with E-state index in [0.29, 0.717) is 17.0 Å². The average molecular weight is 416 g/mol. The van der Waals surface area contributed by atoms with Gasteiger partial charge < -0.3 is 10.0 Å². The van der Waals surface area contributed by atoms with Crippen molar-refractivity contribution in [3.05, 3.63) is 34.8 Å². The summed E-state index contributed by atoms with van der Waals surface area (Å²) in [6, 6.07) is 7.17. The maximum atomic E-state index is 13.0. The number of carboxylic acid groups (broad SMARTS) is 1. The fourth-order valence-corrected chi connectivity index (χ4v) is 3.95. The molecule has 0 aliphatic carbocycles. The third-order valence-corrected chi connectivity index (χ3v) is 5.34. The maximum Gasteiger partial charge on any atom is 0.435 e. The molecule has 2 heterocycles. The molecule has 0 unspecified atom stereocenters. The number of thiazole rings is 1. The Morgan fingerprint density at radius 2 is 1.93 bits per heavy atom. The van der Waals surface area contributed by atoms with Crippen LogP contribution in [0.25, 0.3) is 5.69 Å². The van der Waals surface area contributed by atoms with Crippen LogP contribution >= 0.6 is 23.1 Å². The highest BCUT2D eigenvalue weighted by Gasteiger charge is 2.40. The lowest BCUT2D eigenvalue weighted by atomic mass is 10.3. The number of nitrogens with zero attached hydrogens (tertiary/aromatic N) is 6. The summed E-state index contributed by atoms with van der Waals surface area (Å²) in [5.41, 5.74) is 0.109. The van der Waals surface area contributed by atoms with Crippen LogP contribution in [0.2, 0.25) is 0 Å². The van der Waals surface area contributed by atoms with Crippen LogP contribution < -0.4 is 4.90 Å². The number of hydrogen-bond donors (Lipinski definition) is 1. The summed E-state index contributed by atoms with van der Waals surface area (Å²) < 4.78 is 40.1. The summed E-state index contributed by atoms with van der Waals surface area (Å²) in [5.74, 6) is -1.69. The van der Waals surface area contributed by atoms with E-state index in [-0.39, 0.29) is 9.50 Å². The minimum absolute atomic E-state index is 0.124. The van der Waals surface area contributed by atoms with Gasteiger partial charge in [0.05, 0.1) is 5.69 Å². The SMILES string of the molecule is CN(C)c1ccc(-n2nnnc2Sc2nc(C(F)(F)F)c(C(=O)O)s2)cc1. The first-order chi connectivity index (χ1) is 12.7. The number of alkyl halides is 3. The first-order valence-corrected chi connectivity index (χ1v) is 8.85. The zero-order chi connectivity index (χ0) is 19.8. The van der Waals surface area contributed by atoms with E-state index < -0.39 is 22.7 Å². The van der Waals surface area contributed by atoms with Crippen LogP contribution in [0.4, 0.5) is 18.9 Å². The number of anilines is 1. The van der Waals surface area contributed by atoms with E-state index in [0.717, 1.165) is 17.4 Å². The van der Waals surface area contributed by atoms with Crippen molar-refractivity contribution in [3.63, 3.8) is 0 Å². The number of tetrazole rings is 1. The van der Waals surface area contributed by atoms with Gasteiger partial charge in [-0.25, -0.2) is 9.78 Å². The minimum atomic E-state index is -4.86. The molecule has 0 saturated heterocycles. The first-order valence-electron chi connectivity index (χ1n) is 7.22. The number of rotatable bonds is 5. The van der Waals surface area contributed by atoms with Crippen molar-refractivity contribution >= 4 is 34.8 Å². The molecule has 3 aromatic rings. The topological polar surface area (TPSA) is 97.0 Å². The average Bonchev–Trinajstić information content (AvgIpc) is 3.22. The van der Waals surface area contributed by atoms with Crippen LogP contribution in [-0.2, 0) is 6.18 Å². The molecule has 0 amide bonds. The van der Waals surface area contributed by atoms with Gasteiger partial charge in [-0.1, -0.05) is 11.3 Å². The van der Waals surface area contributed by atoms with Crippen molar-refractivity contribution in [2.24, 2.45) is 0 Å². The molecule has 0 aliphatic heterocycles. The summed E-state index contributed by atoms with van der Waals surface area (Å²) in [6.45, 7) is 0. The lowest BCUT2D eigenvalue weighted by Crippen LogP contribution is -2.11. The molecular formula is C14H11F3N6O2S2. The normalized spacial score (nSPS) is 11.6. The van der Waals surface area contributed by atoms with Crippen LogP contribution in [-0.4, -0.2) is 50.4 Å². The van der Waals surface area contributed by atoms with Gasteiger partial charge in [0.15, 0.2) is 10.0 Å². The van der Waals surface area contributed by atoms with Gasteiger partial charge in [0.25, 0.3) is 0 Å². The Hall–Kier alpha value is -2.67. The lowest BCUT2D eigenvalue weighted by Gasteiger charge is -2.12. The fourth-order valence-electron chi connectivity index (χ4n) is 2.06. The van der Waals surface area contributed by atoms with Crippen molar-refractivity contribution in [3.8, 4) is 5.69 Å². The number of carbonyl (C=O) groups is 1. The maximum absolute atomic E-state index is 13.0. The van der Waals surface area contributed by atoms with Crippen molar-refractivity contribution < 1.29 is 23.1 Å². The second-order valence-electron chi connectivity index (χ2n) is 5.35. The summed E-state index contributed by atoms with van der Waals surface area (Å²) in [6.07, 6.45) is -4.86. The van der Waals surface area contributed by atoms with E-state index >= 15 is 0 Å². The van der Waals surface area contributed by atoms with Gasteiger partial charge in [0, 0.05) is 19.8 Å². The van der Waals surface area contributed by atoms with Gasteiger partial charge in [-0.15, -0.1) is 5.10 Å². The summed E-state index contributed by atoms with van der Waals surface area (Å²) in [7, 11) is 3.77. The largest absolute Gasteiger partial charge is 0.477 e. The quantitative estimate of drug-likeness (QED) is 0.678. The third-order valence-electron chi connectivity index (χ3n) is 3.30. The molecule has 142 valence electrons. The van der Waals surface area contributed by atoms with Crippen LogP contribution in [0, 0.1) is 0 Å². The fraction of sp³-hybridized carbons (Fsp3) is 0.214. The van der Waals surface area contributed by atoms with E-state index in [2.05, 4.69) is 20.5 Å². The minimum Gasteiger partial charge on any atom is -0.477 e. The zero-order valence-electron chi connectivity index (χ0n) is 13.8. The molecule has 1 aromatic carbocycles. The molecule has 0 fully saturated rings. The molecule has 2 aromatic heterocycles. The van der Waals surface area contributed by atoms with Gasteiger partial charge in [0.1, 0.15) is 4.88 Å². The van der Waals surface area contributed by atoms with E-state index in [1.807, 2.05) is 31.1 Å². The predicted molar refractivity (Wildman–Crippen MR) is 91.7 cm³/mol. The monoisotopic (exact) mass is 416 g/mol. The van der Waals surface area contributed by atoms with Gasteiger partial charge >= 0.3 is 12.1 Å². The predicted octanol–water partition coefficient (Wildman–Crippen LogP) is 3.05. The number of carboxylic acids is 1. The highest BCUT2D eigenvalue weighted by atomic mass is 32.2. The molecular weight excluding hydrogens is 405 g/mol. The van der Waals surface area contributed by atoms with E-state index in [1.165, 1.54) is 4.68 Å². The second-order valence-corrected chi connectivity index (χ2v) is 7.56. The van der Waals surface area contributed by atoms with E-state index in [1.54, 1.807) is 12.1 Å². The Kier molecular flexibility index (Phi) is 5.06. The number of aromatic nitrogens is 5. The summed E-state index contributed by atoms with van der Waals surface area (Å²) >= 11 is 1.17. The molecule has 0 spiro atoms. The van der Waals surface area contributed by atoms with Crippen LogP contribution in [0.15, 0.2) is 33.8 Å². The summed E-state index contributed by atoms with van der Waals surface area (Å²) in [4.78, 5) is 15.5. The Bertz CT molecular complexity index is 968. The van der Waals surface area contributed by atoms with Crippen molar-refractivity contribution in [1.29, 1.82) is 0 Å². The summed E-state index contributed by atoms with van der Waals surface area (Å²) in [5, 5.41) is 20.3. The Labute approximate surface area is 158 Å². The molecule has 0 bridgehead atoms. The Balaban J connectivity index is 1.92. The Morgan fingerprint density at radius 3 is 2.44 bits per heavy atom. The van der Waals surface area contributed by atoms with Crippen LogP contribution in [0.5, 0.6) is 0 Å². The van der Waals surface area contributed by atoms with E-state index in [4.69, 9.17) is 5.11 Å². The van der Waals surface area contributed by atoms with E-state index in [9.17, 15) is 18.0 Å². The molecule has 0 radical (unpaired) electrons. The van der Waals surface area contributed by atoms with Crippen LogP contribution in [0.3, 0.4) is 0 Å². The van der Waals surface area contributed by atoms with Gasteiger partial charge in [-0.2, -0.15) is 17.9 Å². The highest BCUT2D eigenvalue weighted by molar-refractivity contribution is 8.00. The van der Waals surface area contributed by atoms with Gasteiger partial charge in [-0.05, 0) is 46.5 Å². The second kappa shape index (κ2) is 7.15. The number of aromatic carboxylic acids is 1. The zero-order valence-corrected chi connectivity index (χ0v) is 15.4. The number of benzene rings is 1. The van der Waals surface area contributed by atoms with Gasteiger partial charge in [0.2, 0.25) is 5.16 Å². The molecule has 13 heteroatoms. The molecule has 8 nitrogen and oxygen atoms in total. The van der Waals surface area contributed by atoms with Crippen LogP contribution in [0.1, 0.15) is 15.4 Å². The van der Waals surface area contributed by atoms with Crippen molar-refractivity contribution in [1.82, 2.24) is 25.2 Å². The molecule has 0 atom stereocenters. The smallest absolute Gasteiger partial charge is 0.435 e. The molecule has 27 heavy (non-hydrogen) atoms. The standard InChI is InChI=1S/C14H11F3N6O2S2/c1-22(2)7-3-5-8(6-4-7)23-12(19-20-21-23)27-13-18-10(14(15,16)17)9(26-13)11(24)25/h3-6H,1-2H3,(H,24,25). The van der Waals surface area contributed by atoms with Gasteiger partial charge in [-0.3, -0.25) is 0 Å². The molecule has 0 aliphatic rings.